The van der Waals surface area contributed by atoms with E-state index in [0.29, 0.717) is 6.42 Å². The van der Waals surface area contributed by atoms with E-state index >= 15 is 0 Å². The third kappa shape index (κ3) is 6.91. The lowest BCUT2D eigenvalue weighted by Crippen LogP contribution is -2.62. The number of alkyl halides is 2. The molecule has 0 saturated carbocycles. The average molecular weight is 495 g/mol. The van der Waals surface area contributed by atoms with Gasteiger partial charge in [0.05, 0.1) is 17.9 Å². The predicted octanol–water partition coefficient (Wildman–Crippen LogP) is 1.22. The standard InChI is InChI=1S/C22H21F2N2O7S/c1-22(20(25)30,19(29)18(28)14-7-3-2-4-8-14)26-17(27)11-12-34(31,32)13-15-9-5-6-10-16(15)33-21(23)24/h2-11,21H,12-13H2,1H3,(H2,25,30)(H,26,27). The molecule has 0 aromatic heterocycles. The van der Waals surface area contributed by atoms with Crippen LogP contribution in [0.5, 0.6) is 5.75 Å². The summed E-state index contributed by atoms with van der Waals surface area (Å²) in [6.45, 7) is -2.24. The Kier molecular flexibility index (Phi) is 8.57. The normalized spacial score (nSPS) is 13.1. The summed E-state index contributed by atoms with van der Waals surface area (Å²) in [7, 11) is -4.05. The Morgan fingerprint density at radius 3 is 2.24 bits per heavy atom. The molecule has 181 valence electrons. The highest BCUT2D eigenvalue weighted by atomic mass is 32.2. The van der Waals surface area contributed by atoms with Crippen LogP contribution in [-0.2, 0) is 30.0 Å². The van der Waals surface area contributed by atoms with Gasteiger partial charge in [-0.3, -0.25) is 19.2 Å². The molecule has 2 aromatic rings. The number of ether oxygens (including phenoxy) is 1. The van der Waals surface area contributed by atoms with Crippen LogP contribution in [0.25, 0.3) is 0 Å². The molecule has 0 bridgehead atoms. The summed E-state index contributed by atoms with van der Waals surface area (Å²) in [6.07, 6.45) is 0.632. The maximum absolute atomic E-state index is 12.6. The van der Waals surface area contributed by atoms with E-state index in [0.717, 1.165) is 6.92 Å². The Morgan fingerprint density at radius 2 is 1.65 bits per heavy atom. The van der Waals surface area contributed by atoms with Gasteiger partial charge in [-0.1, -0.05) is 48.5 Å². The van der Waals surface area contributed by atoms with Crippen molar-refractivity contribution in [1.29, 1.82) is 0 Å². The molecule has 2 rings (SSSR count). The van der Waals surface area contributed by atoms with Gasteiger partial charge in [0.25, 0.3) is 5.91 Å². The Morgan fingerprint density at radius 1 is 1.06 bits per heavy atom. The number of nitrogens with one attached hydrogen (secondary N) is 1. The summed E-state index contributed by atoms with van der Waals surface area (Å²) in [5.41, 5.74) is 2.71. The summed E-state index contributed by atoms with van der Waals surface area (Å²) in [6, 6.07) is 12.5. The second-order valence-corrected chi connectivity index (χ2v) is 9.36. The van der Waals surface area contributed by atoms with Crippen molar-refractivity contribution >= 4 is 33.2 Å². The average Bonchev–Trinajstić information content (AvgIpc) is 2.78. The zero-order chi connectivity index (χ0) is 25.5. The van der Waals surface area contributed by atoms with Crippen LogP contribution < -0.4 is 15.8 Å². The van der Waals surface area contributed by atoms with E-state index in [1.807, 2.05) is 5.32 Å². The third-order valence-corrected chi connectivity index (χ3v) is 6.07. The second kappa shape index (κ2) is 11.0. The number of primary amides is 1. The molecule has 2 amide bonds. The SMILES string of the molecule is CC(NC(=O)[CH]CS(=O)(=O)Cc1ccccc1OC(F)F)(C(N)=O)C(=O)C(=O)c1ccccc1. The van der Waals surface area contributed by atoms with Crippen molar-refractivity contribution in [2.75, 3.05) is 5.75 Å². The minimum Gasteiger partial charge on any atom is -0.435 e. The number of hydrogen-bond donors (Lipinski definition) is 2. The van der Waals surface area contributed by atoms with Crippen molar-refractivity contribution in [1.82, 2.24) is 5.32 Å². The first-order valence-electron chi connectivity index (χ1n) is 9.68. The van der Waals surface area contributed by atoms with Crippen LogP contribution in [0.15, 0.2) is 54.6 Å². The highest BCUT2D eigenvalue weighted by molar-refractivity contribution is 7.90. The van der Waals surface area contributed by atoms with Gasteiger partial charge in [0.15, 0.2) is 15.4 Å². The fourth-order valence-electron chi connectivity index (χ4n) is 2.81. The lowest BCUT2D eigenvalue weighted by molar-refractivity contribution is -0.136. The molecule has 1 radical (unpaired) electrons. The Labute approximate surface area is 194 Å². The van der Waals surface area contributed by atoms with Crippen LogP contribution in [0.4, 0.5) is 8.78 Å². The number of amides is 2. The van der Waals surface area contributed by atoms with Gasteiger partial charge in [-0.05, 0) is 13.0 Å². The van der Waals surface area contributed by atoms with Gasteiger partial charge < -0.3 is 15.8 Å². The number of sulfone groups is 1. The number of benzene rings is 2. The van der Waals surface area contributed by atoms with E-state index in [1.165, 1.54) is 48.5 Å². The number of halogens is 2. The molecular weight excluding hydrogens is 474 g/mol. The van der Waals surface area contributed by atoms with E-state index in [-0.39, 0.29) is 16.9 Å². The van der Waals surface area contributed by atoms with Crippen LogP contribution in [0.1, 0.15) is 22.8 Å². The maximum Gasteiger partial charge on any atom is 0.387 e. The van der Waals surface area contributed by atoms with Crippen LogP contribution in [0.3, 0.4) is 0 Å². The van der Waals surface area contributed by atoms with Crippen molar-refractivity contribution < 1.29 is 41.1 Å². The molecule has 0 fully saturated rings. The van der Waals surface area contributed by atoms with E-state index in [2.05, 4.69) is 4.74 Å². The summed E-state index contributed by atoms with van der Waals surface area (Å²) in [5.74, 6) is -6.80. The number of hydrogen-bond acceptors (Lipinski definition) is 7. The number of nitrogens with two attached hydrogens (primary N) is 1. The first-order valence-corrected chi connectivity index (χ1v) is 11.5. The van der Waals surface area contributed by atoms with Crippen molar-refractivity contribution in [3.05, 3.63) is 72.1 Å². The molecule has 2 aromatic carbocycles. The number of para-hydroxylation sites is 1. The van der Waals surface area contributed by atoms with Crippen LogP contribution in [0.2, 0.25) is 0 Å². The molecule has 0 aliphatic carbocycles. The van der Waals surface area contributed by atoms with Crippen molar-refractivity contribution in [3.63, 3.8) is 0 Å². The van der Waals surface area contributed by atoms with Crippen LogP contribution in [0, 0.1) is 6.42 Å². The summed E-state index contributed by atoms with van der Waals surface area (Å²) in [5, 5.41) is 1.99. The van der Waals surface area contributed by atoms with Crippen LogP contribution in [-0.4, -0.2) is 49.7 Å². The highest BCUT2D eigenvalue weighted by Gasteiger charge is 2.44. The quantitative estimate of drug-likeness (QED) is 0.255. The number of carbonyl (C=O) groups is 4. The molecule has 0 saturated heterocycles. The number of ketones is 2. The van der Waals surface area contributed by atoms with Gasteiger partial charge in [-0.15, -0.1) is 0 Å². The van der Waals surface area contributed by atoms with Gasteiger partial charge in [0, 0.05) is 11.1 Å². The highest BCUT2D eigenvalue weighted by Crippen LogP contribution is 2.23. The predicted molar refractivity (Wildman–Crippen MR) is 116 cm³/mol. The molecule has 0 aliphatic rings. The molecule has 0 spiro atoms. The topological polar surface area (TPSA) is 150 Å². The lowest BCUT2D eigenvalue weighted by Gasteiger charge is -2.25. The van der Waals surface area contributed by atoms with Gasteiger partial charge in [0.1, 0.15) is 5.75 Å². The molecule has 1 atom stereocenters. The monoisotopic (exact) mass is 495 g/mol. The molecule has 9 nitrogen and oxygen atoms in total. The largest absolute Gasteiger partial charge is 0.435 e. The molecule has 0 heterocycles. The Balaban J connectivity index is 2.09. The van der Waals surface area contributed by atoms with E-state index in [1.54, 1.807) is 6.07 Å². The molecule has 12 heteroatoms. The van der Waals surface area contributed by atoms with Gasteiger partial charge in [0.2, 0.25) is 17.5 Å². The summed E-state index contributed by atoms with van der Waals surface area (Å²) >= 11 is 0. The van der Waals surface area contributed by atoms with Gasteiger partial charge >= 0.3 is 6.61 Å². The minimum absolute atomic E-state index is 0.0366. The number of Topliss-reactive ketones (excluding diaryl/α,β-unsaturated/α-hetero) is 2. The van der Waals surface area contributed by atoms with Crippen LogP contribution >= 0.6 is 0 Å². The molecule has 1 unspecified atom stereocenters. The zero-order valence-corrected chi connectivity index (χ0v) is 18.7. The minimum atomic E-state index is -4.05. The van der Waals surface area contributed by atoms with E-state index < -0.39 is 56.9 Å². The van der Waals surface area contributed by atoms with E-state index in [4.69, 9.17) is 5.73 Å². The fourth-order valence-corrected chi connectivity index (χ4v) is 4.04. The first kappa shape index (κ1) is 26.6. The van der Waals surface area contributed by atoms with Crippen molar-refractivity contribution in [2.24, 2.45) is 5.73 Å². The summed E-state index contributed by atoms with van der Waals surface area (Å²) < 4.78 is 54.1. The lowest BCUT2D eigenvalue weighted by atomic mass is 9.89. The molecular formula is C22H21F2N2O7S. The summed E-state index contributed by atoms with van der Waals surface area (Å²) in [4.78, 5) is 49.3. The Bertz CT molecular complexity index is 1190. The van der Waals surface area contributed by atoms with Gasteiger partial charge in [-0.2, -0.15) is 8.78 Å². The fraction of sp³-hybridized carbons (Fsp3) is 0.227. The first-order chi connectivity index (χ1) is 15.9. The molecule has 3 N–H and O–H groups in total. The molecule has 34 heavy (non-hydrogen) atoms. The van der Waals surface area contributed by atoms with Gasteiger partial charge in [-0.25, -0.2) is 8.42 Å². The van der Waals surface area contributed by atoms with Crippen molar-refractivity contribution in [2.45, 2.75) is 24.8 Å². The van der Waals surface area contributed by atoms with Crippen molar-refractivity contribution in [3.8, 4) is 5.75 Å². The third-order valence-electron chi connectivity index (χ3n) is 4.65. The Hall–Kier alpha value is -3.67. The van der Waals surface area contributed by atoms with E-state index in [9.17, 15) is 36.4 Å². The maximum atomic E-state index is 12.6. The number of rotatable bonds is 12. The smallest absolute Gasteiger partial charge is 0.387 e. The molecule has 0 aliphatic heterocycles. The second-order valence-electron chi connectivity index (χ2n) is 7.25. The number of carbonyl (C=O) groups excluding carboxylic acids is 4. The zero-order valence-electron chi connectivity index (χ0n) is 17.9.